The molecule has 0 aromatic heterocycles. The van der Waals surface area contributed by atoms with Gasteiger partial charge in [-0.25, -0.2) is 0 Å². The Labute approximate surface area is 36.1 Å². The van der Waals surface area contributed by atoms with Gasteiger partial charge in [0.2, 0.25) is 0 Å². The molecule has 0 amide bonds. The molecule has 0 nitrogen and oxygen atoms in total. The molecular formula is C2H8AlF. The molecule has 0 fully saturated rings. The lowest BCUT2D eigenvalue weighted by molar-refractivity contribution is 0.527. The van der Waals surface area contributed by atoms with Gasteiger partial charge in [0.05, 0.1) is 6.67 Å². The van der Waals surface area contributed by atoms with E-state index in [2.05, 4.69) is 0 Å². The number of rotatable bonds is 0. The van der Waals surface area contributed by atoms with Crippen molar-refractivity contribution in [1.82, 2.24) is 0 Å². The van der Waals surface area contributed by atoms with E-state index in [1.54, 1.807) is 0 Å². The van der Waals surface area contributed by atoms with Crippen molar-refractivity contribution in [2.45, 2.75) is 6.92 Å². The van der Waals surface area contributed by atoms with E-state index in [0.29, 0.717) is 0 Å². The van der Waals surface area contributed by atoms with E-state index in [1.165, 1.54) is 6.92 Å². The van der Waals surface area contributed by atoms with Gasteiger partial charge in [-0.15, -0.1) is 0 Å². The summed E-state index contributed by atoms with van der Waals surface area (Å²) in [5.41, 5.74) is 0. The quantitative estimate of drug-likeness (QED) is 0.352. The molecule has 0 aliphatic heterocycles. The van der Waals surface area contributed by atoms with Crippen LogP contribution in [0, 0.1) is 0 Å². The summed E-state index contributed by atoms with van der Waals surface area (Å²) in [7, 11) is 0. The normalized spacial score (nSPS) is 4.50. The summed E-state index contributed by atoms with van der Waals surface area (Å²) in [6.07, 6.45) is 0. The molecule has 4 heavy (non-hydrogen) atoms. The first-order chi connectivity index (χ1) is 1.41. The van der Waals surface area contributed by atoms with Crippen LogP contribution in [0.15, 0.2) is 0 Å². The third-order valence-corrected chi connectivity index (χ3v) is 0. The smallest absolute Gasteiger partial charge is 0.187 e. The van der Waals surface area contributed by atoms with Crippen LogP contribution in [0.25, 0.3) is 0 Å². The van der Waals surface area contributed by atoms with Gasteiger partial charge in [0.15, 0.2) is 17.4 Å². The van der Waals surface area contributed by atoms with Crippen LogP contribution in [0.5, 0.6) is 0 Å². The molecule has 0 aliphatic carbocycles. The summed E-state index contributed by atoms with van der Waals surface area (Å²) in [5.74, 6) is 0. The molecule has 0 N–H and O–H groups in total. The first-order valence-electron chi connectivity index (χ1n) is 0.974. The molecule has 0 radical (unpaired) electrons. The Morgan fingerprint density at radius 3 is 1.75 bits per heavy atom. The molecule has 0 saturated heterocycles. The van der Waals surface area contributed by atoms with Crippen molar-refractivity contribution in [3.05, 3.63) is 0 Å². The predicted molar refractivity (Wildman–Crippen MR) is 21.6 cm³/mol. The standard InChI is InChI=1S/C2H5F.Al.3H/c1-2-3;;;;/h2H2,1H3;;;;. The summed E-state index contributed by atoms with van der Waals surface area (Å²) >= 11 is 0. The topological polar surface area (TPSA) is 0 Å². The maximum atomic E-state index is 10.3. The SMILES string of the molecule is CCF.[AlH3]. The molecule has 0 heterocycles. The van der Waals surface area contributed by atoms with Crippen LogP contribution in [0.3, 0.4) is 0 Å². The molecule has 0 aromatic carbocycles. The zero-order valence-electron chi connectivity index (χ0n) is 2.09. The Balaban J connectivity index is 0. The average Bonchev–Trinajstić information content (AvgIpc) is 0.918. The maximum absolute atomic E-state index is 10.3. The van der Waals surface area contributed by atoms with Crippen LogP contribution in [0.4, 0.5) is 4.39 Å². The lowest BCUT2D eigenvalue weighted by Crippen LogP contribution is -1.40. The molecule has 0 saturated carbocycles. The Morgan fingerprint density at radius 2 is 1.75 bits per heavy atom. The summed E-state index contributed by atoms with van der Waals surface area (Å²) < 4.78 is 10.3. The van der Waals surface area contributed by atoms with Gasteiger partial charge < -0.3 is 0 Å². The van der Waals surface area contributed by atoms with Gasteiger partial charge in [-0.05, 0) is 6.92 Å². The highest BCUT2D eigenvalue weighted by molar-refractivity contribution is 5.75. The highest BCUT2D eigenvalue weighted by atomic mass is 27.0. The molecule has 0 aliphatic rings. The molecule has 0 rings (SSSR count). The van der Waals surface area contributed by atoms with E-state index in [9.17, 15) is 4.39 Å². The largest absolute Gasteiger partial charge is 0.251 e. The third kappa shape index (κ3) is 24.6. The van der Waals surface area contributed by atoms with E-state index in [1.807, 2.05) is 0 Å². The molecule has 0 atom stereocenters. The molecule has 0 bridgehead atoms. The zero-order valence-corrected chi connectivity index (χ0v) is 2.09. The minimum atomic E-state index is -0.250. The monoisotopic (exact) mass is 78.0 g/mol. The summed E-state index contributed by atoms with van der Waals surface area (Å²) in [5, 5.41) is 0. The fraction of sp³-hybridized carbons (Fsp3) is 1.00. The molecule has 0 unspecified atom stereocenters. The van der Waals surface area contributed by atoms with Crippen molar-refractivity contribution in [1.29, 1.82) is 0 Å². The first kappa shape index (κ1) is 8.82. The van der Waals surface area contributed by atoms with Crippen molar-refractivity contribution in [2.24, 2.45) is 0 Å². The molecular weight excluding hydrogens is 70.0 g/mol. The summed E-state index contributed by atoms with van der Waals surface area (Å²) in [6.45, 7) is 1.21. The van der Waals surface area contributed by atoms with Crippen LogP contribution < -0.4 is 0 Å². The third-order valence-electron chi connectivity index (χ3n) is 0. The summed E-state index contributed by atoms with van der Waals surface area (Å²) in [6, 6.07) is 0. The van der Waals surface area contributed by atoms with Gasteiger partial charge in [0.1, 0.15) is 0 Å². The van der Waals surface area contributed by atoms with Crippen molar-refractivity contribution in [3.8, 4) is 0 Å². The fourth-order valence-electron chi connectivity index (χ4n) is 0. The Hall–Kier alpha value is 0.462. The fourth-order valence-corrected chi connectivity index (χ4v) is 0. The van der Waals surface area contributed by atoms with Gasteiger partial charge in [0, 0.05) is 0 Å². The second kappa shape index (κ2) is 9.82. The van der Waals surface area contributed by atoms with Crippen molar-refractivity contribution in [2.75, 3.05) is 6.67 Å². The van der Waals surface area contributed by atoms with Crippen LogP contribution in [-0.4, -0.2) is 24.0 Å². The lowest BCUT2D eigenvalue weighted by Gasteiger charge is -1.45. The minimum Gasteiger partial charge on any atom is -0.251 e. The second-order valence-electron chi connectivity index (χ2n) is 0.267. The molecule has 26 valence electrons. The van der Waals surface area contributed by atoms with Crippen molar-refractivity contribution in [3.63, 3.8) is 0 Å². The van der Waals surface area contributed by atoms with Crippen LogP contribution in [0.2, 0.25) is 0 Å². The van der Waals surface area contributed by atoms with Gasteiger partial charge >= 0.3 is 0 Å². The second-order valence-corrected chi connectivity index (χ2v) is 0.267. The number of hydrogen-bond donors (Lipinski definition) is 0. The van der Waals surface area contributed by atoms with E-state index in [-0.39, 0.29) is 24.0 Å². The van der Waals surface area contributed by atoms with E-state index in [0.717, 1.165) is 0 Å². The number of alkyl halides is 1. The average molecular weight is 78.1 g/mol. The van der Waals surface area contributed by atoms with Crippen LogP contribution >= 0.6 is 0 Å². The minimum absolute atomic E-state index is 0. The van der Waals surface area contributed by atoms with Crippen molar-refractivity contribution >= 4 is 17.4 Å². The van der Waals surface area contributed by atoms with Gasteiger partial charge in [0.25, 0.3) is 0 Å². The van der Waals surface area contributed by atoms with Gasteiger partial charge in [-0.2, -0.15) is 0 Å². The summed E-state index contributed by atoms with van der Waals surface area (Å²) in [4.78, 5) is 0. The Morgan fingerprint density at radius 1 is 1.75 bits per heavy atom. The molecule has 2 heteroatoms. The Kier molecular flexibility index (Phi) is 21.7. The van der Waals surface area contributed by atoms with E-state index < -0.39 is 0 Å². The maximum Gasteiger partial charge on any atom is 0.187 e. The van der Waals surface area contributed by atoms with Gasteiger partial charge in [-0.1, -0.05) is 0 Å². The van der Waals surface area contributed by atoms with Crippen molar-refractivity contribution < 1.29 is 4.39 Å². The van der Waals surface area contributed by atoms with Crippen LogP contribution in [0.1, 0.15) is 6.92 Å². The number of halogens is 1. The number of hydrogen-bond acceptors (Lipinski definition) is 0. The van der Waals surface area contributed by atoms with Gasteiger partial charge in [-0.3, -0.25) is 4.39 Å². The zero-order chi connectivity index (χ0) is 2.71. The first-order valence-corrected chi connectivity index (χ1v) is 0.974. The molecule has 0 aromatic rings. The predicted octanol–water partition coefficient (Wildman–Crippen LogP) is -0.208. The van der Waals surface area contributed by atoms with Crippen LogP contribution in [-0.2, 0) is 0 Å². The highest BCUT2D eigenvalue weighted by Crippen LogP contribution is 1.48. The van der Waals surface area contributed by atoms with E-state index in [4.69, 9.17) is 0 Å². The van der Waals surface area contributed by atoms with E-state index >= 15 is 0 Å². The molecule has 0 spiro atoms. The Bertz CT molecular complexity index is 6.00. The lowest BCUT2D eigenvalue weighted by atomic mass is 10.9. The highest BCUT2D eigenvalue weighted by Gasteiger charge is 1.39.